The van der Waals surface area contributed by atoms with Gasteiger partial charge in [-0.1, -0.05) is 6.92 Å². The maximum absolute atomic E-state index is 10.1. The molecule has 2 nitrogen and oxygen atoms in total. The Bertz CT molecular complexity index is 132. The van der Waals surface area contributed by atoms with Gasteiger partial charge in [-0.05, 0) is 24.7 Å². The molecule has 0 aromatic heterocycles. The molecular weight excluding hydrogens is 152 g/mol. The van der Waals surface area contributed by atoms with E-state index >= 15 is 0 Å². The first-order valence-corrected chi connectivity index (χ1v) is 3.90. The zero-order chi connectivity index (χ0) is 7.56. The molecule has 1 saturated carbocycles. The smallest absolute Gasteiger partial charge is 0.403 e. The lowest BCUT2D eigenvalue weighted by atomic mass is 10.1. The van der Waals surface area contributed by atoms with Crippen molar-refractivity contribution in [3.05, 3.63) is 0 Å². The van der Waals surface area contributed by atoms with Crippen LogP contribution in [0.1, 0.15) is 19.8 Å². The Morgan fingerprint density at radius 2 is 2.40 bits per heavy atom. The summed E-state index contributed by atoms with van der Waals surface area (Å²) in [6.45, 7) is 2.56. The summed E-state index contributed by atoms with van der Waals surface area (Å²) in [4.78, 5) is 10.1. The fourth-order valence-corrected chi connectivity index (χ4v) is 1.06. The Morgan fingerprint density at radius 3 is 2.80 bits per heavy atom. The van der Waals surface area contributed by atoms with Crippen LogP contribution in [0.4, 0.5) is 4.79 Å². The summed E-state index contributed by atoms with van der Waals surface area (Å²) < 4.78 is 4.63. The van der Waals surface area contributed by atoms with Crippen LogP contribution in [0.5, 0.6) is 0 Å². The molecule has 0 heterocycles. The molecule has 3 heteroatoms. The topological polar surface area (TPSA) is 26.3 Å². The number of hydrogen-bond donors (Lipinski definition) is 0. The minimum atomic E-state index is -0.687. The molecular formula is C7H11ClO2. The first kappa shape index (κ1) is 7.86. The van der Waals surface area contributed by atoms with Crippen LogP contribution in [-0.4, -0.2) is 12.0 Å². The standard InChI is InChI=1S/C7H11ClO2/c1-5(6-2-3-6)4-10-7(8)9/h5-6H,2-4H2,1H3. The summed E-state index contributed by atoms with van der Waals surface area (Å²) in [6, 6.07) is 0. The second-order valence-corrected chi connectivity index (χ2v) is 3.17. The molecule has 58 valence electrons. The summed E-state index contributed by atoms with van der Waals surface area (Å²) in [5.74, 6) is 1.26. The Balaban J connectivity index is 2.05. The molecule has 0 bridgehead atoms. The molecule has 1 unspecified atom stereocenters. The summed E-state index contributed by atoms with van der Waals surface area (Å²) in [5, 5.41) is 0. The van der Waals surface area contributed by atoms with Crippen molar-refractivity contribution in [3.63, 3.8) is 0 Å². The summed E-state index contributed by atoms with van der Waals surface area (Å²) in [5.41, 5.74) is -0.687. The average Bonchev–Trinajstić information content (AvgIpc) is 2.63. The zero-order valence-electron chi connectivity index (χ0n) is 5.97. The van der Waals surface area contributed by atoms with Crippen LogP contribution in [-0.2, 0) is 4.74 Å². The molecule has 0 aromatic carbocycles. The molecule has 0 aromatic rings. The Kier molecular flexibility index (Phi) is 2.55. The summed E-state index contributed by atoms with van der Waals surface area (Å²) in [6.07, 6.45) is 2.56. The van der Waals surface area contributed by atoms with E-state index in [1.807, 2.05) is 0 Å². The van der Waals surface area contributed by atoms with Gasteiger partial charge in [-0.15, -0.1) is 0 Å². The third kappa shape index (κ3) is 2.56. The van der Waals surface area contributed by atoms with Crippen LogP contribution < -0.4 is 0 Å². The van der Waals surface area contributed by atoms with Gasteiger partial charge in [-0.25, -0.2) is 4.79 Å². The van der Waals surface area contributed by atoms with E-state index in [-0.39, 0.29) is 0 Å². The second kappa shape index (κ2) is 3.24. The van der Waals surface area contributed by atoms with E-state index in [1.165, 1.54) is 12.8 Å². The van der Waals surface area contributed by atoms with Gasteiger partial charge in [0.25, 0.3) is 0 Å². The van der Waals surface area contributed by atoms with Gasteiger partial charge >= 0.3 is 5.43 Å². The number of ether oxygens (including phenoxy) is 1. The van der Waals surface area contributed by atoms with Crippen molar-refractivity contribution in [1.29, 1.82) is 0 Å². The molecule has 0 radical (unpaired) electrons. The van der Waals surface area contributed by atoms with E-state index in [0.717, 1.165) is 5.92 Å². The highest BCUT2D eigenvalue weighted by Gasteiger charge is 2.28. The molecule has 0 aliphatic heterocycles. The van der Waals surface area contributed by atoms with Gasteiger partial charge in [0.05, 0.1) is 6.61 Å². The van der Waals surface area contributed by atoms with Crippen LogP contribution in [0, 0.1) is 11.8 Å². The molecule has 1 atom stereocenters. The highest BCUT2D eigenvalue weighted by Crippen LogP contribution is 2.36. The van der Waals surface area contributed by atoms with Crippen LogP contribution in [0.15, 0.2) is 0 Å². The van der Waals surface area contributed by atoms with Crippen LogP contribution in [0.2, 0.25) is 0 Å². The Labute approximate surface area is 65.5 Å². The monoisotopic (exact) mass is 162 g/mol. The van der Waals surface area contributed by atoms with Gasteiger partial charge in [0, 0.05) is 11.6 Å². The molecule has 0 saturated heterocycles. The van der Waals surface area contributed by atoms with Crippen molar-refractivity contribution in [2.24, 2.45) is 11.8 Å². The predicted octanol–water partition coefficient (Wildman–Crippen LogP) is 2.41. The highest BCUT2D eigenvalue weighted by atomic mass is 35.5. The fraction of sp³-hybridized carbons (Fsp3) is 0.857. The first-order valence-electron chi connectivity index (χ1n) is 3.52. The van der Waals surface area contributed by atoms with Crippen molar-refractivity contribution in [2.45, 2.75) is 19.8 Å². The minimum Gasteiger partial charge on any atom is -0.453 e. The van der Waals surface area contributed by atoms with Crippen molar-refractivity contribution < 1.29 is 9.53 Å². The van der Waals surface area contributed by atoms with Crippen molar-refractivity contribution in [1.82, 2.24) is 0 Å². The number of hydrogen-bond acceptors (Lipinski definition) is 2. The van der Waals surface area contributed by atoms with Gasteiger partial charge in [0.15, 0.2) is 0 Å². The van der Waals surface area contributed by atoms with E-state index in [4.69, 9.17) is 11.6 Å². The number of carbonyl (C=O) groups excluding carboxylic acids is 1. The normalized spacial score (nSPS) is 20.2. The van der Waals surface area contributed by atoms with E-state index in [9.17, 15) is 4.79 Å². The van der Waals surface area contributed by atoms with Crippen molar-refractivity contribution >= 4 is 17.0 Å². The maximum Gasteiger partial charge on any atom is 0.403 e. The SMILES string of the molecule is CC(COC(=O)Cl)C1CC1. The quantitative estimate of drug-likeness (QED) is 0.596. The van der Waals surface area contributed by atoms with E-state index < -0.39 is 5.43 Å². The minimum absolute atomic E-state index is 0.479. The molecule has 1 fully saturated rings. The van der Waals surface area contributed by atoms with Crippen LogP contribution >= 0.6 is 11.6 Å². The molecule has 0 spiro atoms. The number of carbonyl (C=O) groups is 1. The van der Waals surface area contributed by atoms with Crippen LogP contribution in [0.25, 0.3) is 0 Å². The lowest BCUT2D eigenvalue weighted by Crippen LogP contribution is -2.08. The van der Waals surface area contributed by atoms with Gasteiger partial charge in [-0.2, -0.15) is 0 Å². The molecule has 1 aliphatic carbocycles. The summed E-state index contributed by atoms with van der Waals surface area (Å²) in [7, 11) is 0. The second-order valence-electron chi connectivity index (χ2n) is 2.86. The third-order valence-corrected chi connectivity index (χ3v) is 2.00. The molecule has 1 aliphatic rings. The highest BCUT2D eigenvalue weighted by molar-refractivity contribution is 6.61. The van der Waals surface area contributed by atoms with E-state index in [2.05, 4.69) is 11.7 Å². The lowest BCUT2D eigenvalue weighted by Gasteiger charge is -2.07. The lowest BCUT2D eigenvalue weighted by molar-refractivity contribution is 0.150. The van der Waals surface area contributed by atoms with Crippen molar-refractivity contribution in [3.8, 4) is 0 Å². The fourth-order valence-electron chi connectivity index (χ4n) is 0.998. The number of halogens is 1. The van der Waals surface area contributed by atoms with Gasteiger partial charge in [0.1, 0.15) is 0 Å². The Morgan fingerprint density at radius 1 is 1.80 bits per heavy atom. The molecule has 0 N–H and O–H groups in total. The van der Waals surface area contributed by atoms with Gasteiger partial charge in [-0.3, -0.25) is 0 Å². The maximum atomic E-state index is 10.1. The van der Waals surface area contributed by atoms with Gasteiger partial charge < -0.3 is 4.74 Å². The van der Waals surface area contributed by atoms with Crippen molar-refractivity contribution in [2.75, 3.05) is 6.61 Å². The Hall–Kier alpha value is -0.240. The third-order valence-electron chi connectivity index (χ3n) is 1.89. The van der Waals surface area contributed by atoms with Crippen LogP contribution in [0.3, 0.4) is 0 Å². The predicted molar refractivity (Wildman–Crippen MR) is 39.1 cm³/mol. The summed E-state index contributed by atoms with van der Waals surface area (Å²) >= 11 is 4.99. The molecule has 0 amide bonds. The van der Waals surface area contributed by atoms with E-state index in [1.54, 1.807) is 0 Å². The average molecular weight is 163 g/mol. The molecule has 10 heavy (non-hydrogen) atoms. The van der Waals surface area contributed by atoms with Gasteiger partial charge in [0.2, 0.25) is 0 Å². The number of rotatable bonds is 3. The molecule has 1 rings (SSSR count). The first-order chi connectivity index (χ1) is 4.70. The zero-order valence-corrected chi connectivity index (χ0v) is 6.73. The van der Waals surface area contributed by atoms with E-state index in [0.29, 0.717) is 12.5 Å². The largest absolute Gasteiger partial charge is 0.453 e.